The van der Waals surface area contributed by atoms with Gasteiger partial charge < -0.3 is 5.32 Å². The summed E-state index contributed by atoms with van der Waals surface area (Å²) >= 11 is 0. The van der Waals surface area contributed by atoms with Crippen molar-refractivity contribution in [2.75, 3.05) is 6.54 Å². The molecule has 4 nitrogen and oxygen atoms in total. The Labute approximate surface area is 88.7 Å². The second-order valence-corrected chi connectivity index (χ2v) is 4.61. The van der Waals surface area contributed by atoms with Crippen LogP contribution in [-0.2, 0) is 13.0 Å². The minimum absolute atomic E-state index is 0.212. The Bertz CT molecular complexity index is 412. The van der Waals surface area contributed by atoms with Gasteiger partial charge in [0.1, 0.15) is 0 Å². The molecule has 0 amide bonds. The summed E-state index contributed by atoms with van der Waals surface area (Å²) in [4.78, 5) is 12.1. The molecule has 3 rings (SSSR count). The van der Waals surface area contributed by atoms with E-state index in [1.807, 2.05) is 4.68 Å². The molecule has 2 heterocycles. The molecular formula is C11H17N3O. The molecular weight excluding hydrogens is 190 g/mol. The van der Waals surface area contributed by atoms with Crippen molar-refractivity contribution in [3.63, 3.8) is 0 Å². The zero-order valence-electron chi connectivity index (χ0n) is 8.88. The maximum atomic E-state index is 12.1. The smallest absolute Gasteiger partial charge is 0.271 e. The molecule has 15 heavy (non-hydrogen) atoms. The molecule has 0 unspecified atom stereocenters. The SMILES string of the molecule is O=c1c2c([nH]n1C1CCCC1)CCNC2. The summed E-state index contributed by atoms with van der Waals surface area (Å²) in [6, 6.07) is 0.433. The van der Waals surface area contributed by atoms with E-state index in [0.717, 1.165) is 43.6 Å². The molecule has 1 saturated carbocycles. The minimum Gasteiger partial charge on any atom is -0.312 e. The Hall–Kier alpha value is -1.03. The van der Waals surface area contributed by atoms with Crippen LogP contribution in [0.3, 0.4) is 0 Å². The van der Waals surface area contributed by atoms with Gasteiger partial charge in [0.25, 0.3) is 5.56 Å². The van der Waals surface area contributed by atoms with Crippen molar-refractivity contribution in [2.24, 2.45) is 0 Å². The Morgan fingerprint density at radius 1 is 1.27 bits per heavy atom. The highest BCUT2D eigenvalue weighted by Crippen LogP contribution is 2.28. The number of H-pyrrole nitrogens is 1. The lowest BCUT2D eigenvalue weighted by Gasteiger charge is -2.10. The van der Waals surface area contributed by atoms with Crippen molar-refractivity contribution in [2.45, 2.75) is 44.7 Å². The largest absolute Gasteiger partial charge is 0.312 e. The third-order valence-corrected chi connectivity index (χ3v) is 3.64. The van der Waals surface area contributed by atoms with E-state index in [2.05, 4.69) is 10.4 Å². The van der Waals surface area contributed by atoms with E-state index in [4.69, 9.17) is 0 Å². The van der Waals surface area contributed by atoms with Crippen LogP contribution in [0, 0.1) is 0 Å². The van der Waals surface area contributed by atoms with Gasteiger partial charge in [0.15, 0.2) is 0 Å². The van der Waals surface area contributed by atoms with Crippen LogP contribution >= 0.6 is 0 Å². The second-order valence-electron chi connectivity index (χ2n) is 4.61. The van der Waals surface area contributed by atoms with Crippen LogP contribution < -0.4 is 10.9 Å². The lowest BCUT2D eigenvalue weighted by Crippen LogP contribution is -2.28. The van der Waals surface area contributed by atoms with Gasteiger partial charge in [-0.2, -0.15) is 0 Å². The maximum Gasteiger partial charge on any atom is 0.271 e. The number of hydrogen-bond acceptors (Lipinski definition) is 2. The number of nitrogens with one attached hydrogen (secondary N) is 2. The molecule has 2 N–H and O–H groups in total. The summed E-state index contributed by atoms with van der Waals surface area (Å²) in [5, 5.41) is 6.56. The molecule has 1 aliphatic heterocycles. The first-order valence-electron chi connectivity index (χ1n) is 5.89. The molecule has 0 bridgehead atoms. The van der Waals surface area contributed by atoms with Gasteiger partial charge in [-0.25, -0.2) is 4.68 Å². The lowest BCUT2D eigenvalue weighted by molar-refractivity contribution is 0.451. The number of rotatable bonds is 1. The highest BCUT2D eigenvalue weighted by atomic mass is 16.1. The highest BCUT2D eigenvalue weighted by Gasteiger charge is 2.23. The van der Waals surface area contributed by atoms with E-state index >= 15 is 0 Å². The van der Waals surface area contributed by atoms with Crippen molar-refractivity contribution < 1.29 is 0 Å². The van der Waals surface area contributed by atoms with Gasteiger partial charge in [0.2, 0.25) is 0 Å². The van der Waals surface area contributed by atoms with Crippen LogP contribution in [0.25, 0.3) is 0 Å². The van der Waals surface area contributed by atoms with Crippen LogP contribution in [0.15, 0.2) is 4.79 Å². The molecule has 1 fully saturated rings. The molecule has 4 heteroatoms. The van der Waals surface area contributed by atoms with E-state index in [0.29, 0.717) is 6.04 Å². The summed E-state index contributed by atoms with van der Waals surface area (Å²) in [6.45, 7) is 1.72. The maximum absolute atomic E-state index is 12.1. The summed E-state index contributed by atoms with van der Waals surface area (Å²) in [7, 11) is 0. The predicted octanol–water partition coefficient (Wildman–Crippen LogP) is 0.937. The Balaban J connectivity index is 2.01. The number of nitrogens with zero attached hydrogens (tertiary/aromatic N) is 1. The quantitative estimate of drug-likeness (QED) is 0.720. The third-order valence-electron chi connectivity index (χ3n) is 3.64. The minimum atomic E-state index is 0.212. The fourth-order valence-corrected chi connectivity index (χ4v) is 2.77. The lowest BCUT2D eigenvalue weighted by atomic mass is 10.1. The number of hydrogen-bond donors (Lipinski definition) is 2. The molecule has 1 aliphatic carbocycles. The fourth-order valence-electron chi connectivity index (χ4n) is 2.77. The van der Waals surface area contributed by atoms with Gasteiger partial charge in [-0.15, -0.1) is 0 Å². The predicted molar refractivity (Wildman–Crippen MR) is 58.0 cm³/mol. The number of aromatic amines is 1. The van der Waals surface area contributed by atoms with Gasteiger partial charge in [-0.05, 0) is 12.8 Å². The summed E-state index contributed by atoms with van der Waals surface area (Å²) in [5.74, 6) is 0. The van der Waals surface area contributed by atoms with E-state index in [1.54, 1.807) is 0 Å². The summed E-state index contributed by atoms with van der Waals surface area (Å²) in [6.07, 6.45) is 5.81. The van der Waals surface area contributed by atoms with Crippen LogP contribution in [-0.4, -0.2) is 16.3 Å². The highest BCUT2D eigenvalue weighted by molar-refractivity contribution is 5.20. The first-order chi connectivity index (χ1) is 7.36. The Kier molecular flexibility index (Phi) is 2.16. The zero-order chi connectivity index (χ0) is 10.3. The van der Waals surface area contributed by atoms with Crippen LogP contribution in [0.4, 0.5) is 0 Å². The Morgan fingerprint density at radius 3 is 2.80 bits per heavy atom. The normalized spacial score (nSPS) is 21.9. The molecule has 0 radical (unpaired) electrons. The van der Waals surface area contributed by atoms with E-state index in [1.165, 1.54) is 12.8 Å². The van der Waals surface area contributed by atoms with E-state index in [-0.39, 0.29) is 5.56 Å². The number of aromatic nitrogens is 2. The van der Waals surface area contributed by atoms with Gasteiger partial charge in [-0.3, -0.25) is 9.89 Å². The molecule has 0 aromatic carbocycles. The topological polar surface area (TPSA) is 49.8 Å². The van der Waals surface area contributed by atoms with Gasteiger partial charge >= 0.3 is 0 Å². The standard InChI is InChI=1S/C11H17N3O/c15-11-9-7-12-6-5-10(9)13-14(11)8-3-1-2-4-8/h8,12-13H,1-7H2. The molecule has 0 saturated heterocycles. The van der Waals surface area contributed by atoms with Crippen molar-refractivity contribution in [3.05, 3.63) is 21.6 Å². The van der Waals surface area contributed by atoms with Crippen molar-refractivity contribution >= 4 is 0 Å². The monoisotopic (exact) mass is 207 g/mol. The molecule has 82 valence electrons. The molecule has 1 aromatic heterocycles. The summed E-state index contributed by atoms with van der Waals surface area (Å²) in [5.41, 5.74) is 2.34. The van der Waals surface area contributed by atoms with Crippen LogP contribution in [0.2, 0.25) is 0 Å². The van der Waals surface area contributed by atoms with Crippen molar-refractivity contribution in [1.82, 2.24) is 15.1 Å². The van der Waals surface area contributed by atoms with Gasteiger partial charge in [0.05, 0.1) is 11.6 Å². The Morgan fingerprint density at radius 2 is 2.07 bits per heavy atom. The molecule has 2 aliphatic rings. The number of fused-ring (bicyclic) bond motifs is 1. The molecule has 1 aromatic rings. The molecule has 0 atom stereocenters. The first-order valence-corrected chi connectivity index (χ1v) is 5.89. The van der Waals surface area contributed by atoms with Crippen LogP contribution in [0.1, 0.15) is 43.0 Å². The van der Waals surface area contributed by atoms with E-state index < -0.39 is 0 Å². The second kappa shape index (κ2) is 3.52. The average molecular weight is 207 g/mol. The third kappa shape index (κ3) is 1.44. The van der Waals surface area contributed by atoms with Gasteiger partial charge in [-0.1, -0.05) is 12.8 Å². The van der Waals surface area contributed by atoms with Gasteiger partial charge in [0, 0.05) is 25.2 Å². The average Bonchev–Trinajstić information content (AvgIpc) is 2.87. The van der Waals surface area contributed by atoms with Crippen molar-refractivity contribution in [3.8, 4) is 0 Å². The first kappa shape index (κ1) is 9.21. The fraction of sp³-hybridized carbons (Fsp3) is 0.727. The van der Waals surface area contributed by atoms with E-state index in [9.17, 15) is 4.79 Å². The van der Waals surface area contributed by atoms with Crippen molar-refractivity contribution in [1.29, 1.82) is 0 Å². The summed E-state index contributed by atoms with van der Waals surface area (Å²) < 4.78 is 1.88. The van der Waals surface area contributed by atoms with Crippen LogP contribution in [0.5, 0.6) is 0 Å². The molecule has 0 spiro atoms. The zero-order valence-corrected chi connectivity index (χ0v) is 8.88.